The second kappa shape index (κ2) is 7.24. The lowest BCUT2D eigenvalue weighted by molar-refractivity contribution is -0.115. The van der Waals surface area contributed by atoms with Crippen LogP contribution in [0.4, 0.5) is 14.7 Å². The number of rotatable bonds is 5. The van der Waals surface area contributed by atoms with Crippen molar-refractivity contribution < 1.29 is 9.18 Å². The van der Waals surface area contributed by atoms with Crippen LogP contribution in [0, 0.1) is 5.82 Å². The summed E-state index contributed by atoms with van der Waals surface area (Å²) in [5.74, 6) is -0.487. The van der Waals surface area contributed by atoms with E-state index in [9.17, 15) is 9.18 Å². The van der Waals surface area contributed by atoms with Gasteiger partial charge in [-0.1, -0.05) is 23.1 Å². The third-order valence-electron chi connectivity index (χ3n) is 2.94. The molecule has 0 saturated heterocycles. The molecule has 0 spiro atoms. The van der Waals surface area contributed by atoms with Gasteiger partial charge in [-0.15, -0.1) is 21.5 Å². The number of nitrogens with one attached hydrogen (secondary N) is 1. The molecule has 1 amide bonds. The van der Waals surface area contributed by atoms with Crippen LogP contribution >= 0.6 is 34.4 Å². The molecule has 0 bridgehead atoms. The molecule has 24 heavy (non-hydrogen) atoms. The van der Waals surface area contributed by atoms with Gasteiger partial charge in [-0.05, 0) is 31.2 Å². The standard InChI is InChI=1S/C14H12FN5OS3/c1-7(23-14-20-19-12(16)24-14)11(21)18-13-17-10(6-22-13)8-2-4-9(15)5-3-8/h2-7H,1H3,(H2,16,19)(H,17,18,21). The van der Waals surface area contributed by atoms with Crippen molar-refractivity contribution in [2.45, 2.75) is 16.5 Å². The maximum absolute atomic E-state index is 13.0. The van der Waals surface area contributed by atoms with Crippen LogP contribution in [0.15, 0.2) is 34.0 Å². The Balaban J connectivity index is 1.63. The van der Waals surface area contributed by atoms with Gasteiger partial charge in [0.1, 0.15) is 5.82 Å². The summed E-state index contributed by atoms with van der Waals surface area (Å²) in [5.41, 5.74) is 7.00. The number of carbonyl (C=O) groups is 1. The molecule has 0 aliphatic heterocycles. The van der Waals surface area contributed by atoms with E-state index in [-0.39, 0.29) is 17.0 Å². The van der Waals surface area contributed by atoms with Gasteiger partial charge in [0, 0.05) is 10.9 Å². The van der Waals surface area contributed by atoms with Crippen molar-refractivity contribution in [3.05, 3.63) is 35.5 Å². The topological polar surface area (TPSA) is 93.8 Å². The Morgan fingerprint density at radius 3 is 2.75 bits per heavy atom. The molecule has 6 nitrogen and oxygen atoms in total. The number of amides is 1. The first kappa shape index (κ1) is 16.8. The molecule has 0 fully saturated rings. The van der Waals surface area contributed by atoms with Crippen molar-refractivity contribution in [1.29, 1.82) is 0 Å². The first-order chi connectivity index (χ1) is 11.5. The fraction of sp³-hybridized carbons (Fsp3) is 0.143. The Morgan fingerprint density at radius 1 is 1.33 bits per heavy atom. The van der Waals surface area contributed by atoms with Crippen LogP contribution in [0.1, 0.15) is 6.92 Å². The van der Waals surface area contributed by atoms with E-state index in [1.807, 2.05) is 5.38 Å². The number of carbonyl (C=O) groups excluding carboxylic acids is 1. The number of thioether (sulfide) groups is 1. The minimum absolute atomic E-state index is 0.186. The number of nitrogens with zero attached hydrogens (tertiary/aromatic N) is 3. The number of halogens is 1. The van der Waals surface area contributed by atoms with Crippen LogP contribution in [0.3, 0.4) is 0 Å². The maximum atomic E-state index is 13.0. The second-order valence-electron chi connectivity index (χ2n) is 4.70. The fourth-order valence-electron chi connectivity index (χ4n) is 1.76. The molecule has 0 radical (unpaired) electrons. The van der Waals surface area contributed by atoms with Crippen LogP contribution in [0.25, 0.3) is 11.3 Å². The highest BCUT2D eigenvalue weighted by Gasteiger charge is 2.18. The summed E-state index contributed by atoms with van der Waals surface area (Å²) in [6, 6.07) is 6.04. The van der Waals surface area contributed by atoms with E-state index in [1.165, 1.54) is 46.6 Å². The van der Waals surface area contributed by atoms with E-state index >= 15 is 0 Å². The molecular weight excluding hydrogens is 369 g/mol. The van der Waals surface area contributed by atoms with Crippen molar-refractivity contribution in [2.75, 3.05) is 11.1 Å². The summed E-state index contributed by atoms with van der Waals surface area (Å²) in [4.78, 5) is 16.6. The van der Waals surface area contributed by atoms with Crippen LogP contribution in [-0.4, -0.2) is 26.3 Å². The van der Waals surface area contributed by atoms with Crippen LogP contribution < -0.4 is 11.1 Å². The summed E-state index contributed by atoms with van der Waals surface area (Å²) in [6.45, 7) is 1.77. The van der Waals surface area contributed by atoms with E-state index in [1.54, 1.807) is 19.1 Å². The van der Waals surface area contributed by atoms with Crippen LogP contribution in [0.5, 0.6) is 0 Å². The van der Waals surface area contributed by atoms with Gasteiger partial charge in [0.25, 0.3) is 0 Å². The van der Waals surface area contributed by atoms with E-state index in [2.05, 4.69) is 20.5 Å². The molecule has 10 heteroatoms. The predicted octanol–water partition coefficient (Wildman–Crippen LogP) is 3.50. The summed E-state index contributed by atoms with van der Waals surface area (Å²) >= 11 is 3.84. The molecule has 3 aromatic rings. The zero-order chi connectivity index (χ0) is 17.1. The van der Waals surface area contributed by atoms with Crippen molar-refractivity contribution in [2.24, 2.45) is 0 Å². The molecule has 0 aliphatic carbocycles. The Kier molecular flexibility index (Phi) is 5.07. The zero-order valence-corrected chi connectivity index (χ0v) is 14.8. The van der Waals surface area contributed by atoms with Gasteiger partial charge in [-0.25, -0.2) is 9.37 Å². The number of thiazole rings is 1. The minimum Gasteiger partial charge on any atom is -0.374 e. The Morgan fingerprint density at radius 2 is 2.08 bits per heavy atom. The molecule has 0 saturated carbocycles. The number of nitrogen functional groups attached to an aromatic ring is 1. The number of nitrogens with two attached hydrogens (primary N) is 1. The van der Waals surface area contributed by atoms with E-state index < -0.39 is 0 Å². The molecule has 1 unspecified atom stereocenters. The zero-order valence-electron chi connectivity index (χ0n) is 12.4. The summed E-state index contributed by atoms with van der Waals surface area (Å²) in [6.07, 6.45) is 0. The molecule has 1 aromatic carbocycles. The Bertz CT molecular complexity index is 848. The summed E-state index contributed by atoms with van der Waals surface area (Å²) in [5, 5.41) is 12.7. The highest BCUT2D eigenvalue weighted by Crippen LogP contribution is 2.29. The van der Waals surface area contributed by atoms with Gasteiger partial charge in [-0.2, -0.15) is 0 Å². The molecule has 124 valence electrons. The lowest BCUT2D eigenvalue weighted by Crippen LogP contribution is -2.22. The molecule has 2 aromatic heterocycles. The van der Waals surface area contributed by atoms with Crippen molar-refractivity contribution in [1.82, 2.24) is 15.2 Å². The minimum atomic E-state index is -0.365. The first-order valence-corrected chi connectivity index (χ1v) is 9.37. The number of anilines is 2. The van der Waals surface area contributed by atoms with Crippen LogP contribution in [-0.2, 0) is 4.79 Å². The molecule has 1 atom stereocenters. The summed E-state index contributed by atoms with van der Waals surface area (Å²) < 4.78 is 13.6. The second-order valence-corrected chi connectivity index (χ2v) is 8.16. The maximum Gasteiger partial charge on any atom is 0.239 e. The van der Waals surface area contributed by atoms with Gasteiger partial charge < -0.3 is 11.1 Å². The average molecular weight is 381 g/mol. The van der Waals surface area contributed by atoms with E-state index in [0.29, 0.717) is 20.3 Å². The molecule has 3 rings (SSSR count). The normalized spacial score (nSPS) is 12.1. The largest absolute Gasteiger partial charge is 0.374 e. The van der Waals surface area contributed by atoms with E-state index in [0.717, 1.165) is 5.56 Å². The predicted molar refractivity (Wildman–Crippen MR) is 95.8 cm³/mol. The number of hydrogen-bond acceptors (Lipinski definition) is 8. The van der Waals surface area contributed by atoms with Gasteiger partial charge in [0.2, 0.25) is 11.0 Å². The lowest BCUT2D eigenvalue weighted by Gasteiger charge is -2.07. The average Bonchev–Trinajstić information content (AvgIpc) is 3.17. The first-order valence-electron chi connectivity index (χ1n) is 6.79. The van der Waals surface area contributed by atoms with Gasteiger partial charge in [0.15, 0.2) is 9.47 Å². The van der Waals surface area contributed by atoms with Gasteiger partial charge >= 0.3 is 0 Å². The van der Waals surface area contributed by atoms with Gasteiger partial charge in [0.05, 0.1) is 10.9 Å². The van der Waals surface area contributed by atoms with Crippen molar-refractivity contribution >= 4 is 50.6 Å². The third kappa shape index (κ3) is 4.08. The molecule has 0 aliphatic rings. The lowest BCUT2D eigenvalue weighted by atomic mass is 10.2. The van der Waals surface area contributed by atoms with Crippen molar-refractivity contribution in [3.63, 3.8) is 0 Å². The smallest absolute Gasteiger partial charge is 0.239 e. The number of hydrogen-bond donors (Lipinski definition) is 2. The summed E-state index contributed by atoms with van der Waals surface area (Å²) in [7, 11) is 0. The SMILES string of the molecule is CC(Sc1nnc(N)s1)C(=O)Nc1nc(-c2ccc(F)cc2)cs1. The molecule has 3 N–H and O–H groups in total. The number of aromatic nitrogens is 3. The quantitative estimate of drug-likeness (QED) is 0.657. The fourth-order valence-corrected chi connectivity index (χ4v) is 4.27. The molecular formula is C14H12FN5OS3. The monoisotopic (exact) mass is 381 g/mol. The highest BCUT2D eigenvalue weighted by molar-refractivity contribution is 8.02. The molecule has 2 heterocycles. The third-order valence-corrected chi connectivity index (χ3v) is 5.64. The van der Waals surface area contributed by atoms with Crippen molar-refractivity contribution in [3.8, 4) is 11.3 Å². The van der Waals surface area contributed by atoms with E-state index in [4.69, 9.17) is 5.73 Å². The number of benzene rings is 1. The van der Waals surface area contributed by atoms with Crippen LogP contribution in [0.2, 0.25) is 0 Å². The Labute approximate surface area is 149 Å². The Hall–Kier alpha value is -2.04. The van der Waals surface area contributed by atoms with Gasteiger partial charge in [-0.3, -0.25) is 4.79 Å². The highest BCUT2D eigenvalue weighted by atomic mass is 32.2.